The molecule has 2 nitrogen and oxygen atoms in total. The molecule has 3 aromatic carbocycles. The molecule has 120 valence electrons. The molecule has 0 N–H and O–H groups in total. The van der Waals surface area contributed by atoms with E-state index in [4.69, 9.17) is 16.3 Å². The molecule has 1 aliphatic rings. The van der Waals surface area contributed by atoms with Crippen molar-refractivity contribution in [3.8, 4) is 11.5 Å². The molecule has 0 bridgehead atoms. The van der Waals surface area contributed by atoms with Crippen LogP contribution in [-0.2, 0) is 6.42 Å². The smallest absolute Gasteiger partial charge is 0.151 e. The summed E-state index contributed by atoms with van der Waals surface area (Å²) in [7, 11) is 0. The zero-order chi connectivity index (χ0) is 16.4. The lowest BCUT2D eigenvalue weighted by atomic mass is 10.1. The van der Waals surface area contributed by atoms with Crippen LogP contribution < -0.4 is 9.64 Å². The highest BCUT2D eigenvalue weighted by molar-refractivity contribution is 6.17. The molecule has 0 saturated carbocycles. The molecule has 0 unspecified atom stereocenters. The van der Waals surface area contributed by atoms with Gasteiger partial charge in [-0.05, 0) is 54.8 Å². The summed E-state index contributed by atoms with van der Waals surface area (Å²) in [5.41, 5.74) is 4.57. The number of para-hydroxylation sites is 4. The molecular weight excluding hydrogens is 318 g/mol. The van der Waals surface area contributed by atoms with Gasteiger partial charge in [0, 0.05) is 11.6 Å². The van der Waals surface area contributed by atoms with Gasteiger partial charge in [-0.1, -0.05) is 36.4 Å². The van der Waals surface area contributed by atoms with Crippen LogP contribution >= 0.6 is 11.6 Å². The maximum atomic E-state index is 6.05. The second kappa shape index (κ2) is 6.58. The summed E-state index contributed by atoms with van der Waals surface area (Å²) in [6.45, 7) is 0. The highest BCUT2D eigenvalue weighted by Gasteiger charge is 2.24. The summed E-state index contributed by atoms with van der Waals surface area (Å²) < 4.78 is 6.05. The van der Waals surface area contributed by atoms with Crippen LogP contribution in [0.4, 0.5) is 17.1 Å². The molecule has 0 atom stereocenters. The molecule has 24 heavy (non-hydrogen) atoms. The van der Waals surface area contributed by atoms with Crippen molar-refractivity contribution in [1.82, 2.24) is 0 Å². The largest absolute Gasteiger partial charge is 0.453 e. The molecule has 0 saturated heterocycles. The molecule has 0 spiro atoms. The zero-order valence-corrected chi connectivity index (χ0v) is 14.0. The van der Waals surface area contributed by atoms with Crippen molar-refractivity contribution in [1.29, 1.82) is 0 Å². The van der Waals surface area contributed by atoms with Gasteiger partial charge in [0.1, 0.15) is 0 Å². The van der Waals surface area contributed by atoms with Crippen LogP contribution in [0.25, 0.3) is 0 Å². The summed E-state index contributed by atoms with van der Waals surface area (Å²) in [6.07, 6.45) is 2.02. The minimum atomic E-state index is 0.700. The summed E-state index contributed by atoms with van der Waals surface area (Å²) >= 11 is 5.79. The Balaban J connectivity index is 1.77. The number of anilines is 3. The van der Waals surface area contributed by atoms with Gasteiger partial charge in [0.15, 0.2) is 11.5 Å². The SMILES string of the molecule is ClCCCc1ccc(N2c3ccccc3Oc3ccccc32)cc1. The number of hydrogen-bond acceptors (Lipinski definition) is 2. The summed E-state index contributed by atoms with van der Waals surface area (Å²) in [5.74, 6) is 2.45. The molecular formula is C21H18ClNO. The zero-order valence-electron chi connectivity index (χ0n) is 13.3. The lowest BCUT2D eigenvalue weighted by Crippen LogP contribution is -2.15. The van der Waals surface area contributed by atoms with E-state index in [1.165, 1.54) is 5.56 Å². The first-order chi connectivity index (χ1) is 11.9. The number of fused-ring (bicyclic) bond motifs is 2. The van der Waals surface area contributed by atoms with Gasteiger partial charge < -0.3 is 9.64 Å². The lowest BCUT2D eigenvalue weighted by Gasteiger charge is -2.32. The van der Waals surface area contributed by atoms with E-state index < -0.39 is 0 Å². The number of aryl methyl sites for hydroxylation is 1. The van der Waals surface area contributed by atoms with Crippen LogP contribution in [0.1, 0.15) is 12.0 Å². The van der Waals surface area contributed by atoms with Crippen LogP contribution in [0.5, 0.6) is 11.5 Å². The number of nitrogens with zero attached hydrogens (tertiary/aromatic N) is 1. The van der Waals surface area contributed by atoms with E-state index in [0.717, 1.165) is 41.4 Å². The fraction of sp³-hybridized carbons (Fsp3) is 0.143. The third kappa shape index (κ3) is 2.74. The van der Waals surface area contributed by atoms with Crippen LogP contribution in [0.15, 0.2) is 72.8 Å². The van der Waals surface area contributed by atoms with Crippen LogP contribution in [0.2, 0.25) is 0 Å². The van der Waals surface area contributed by atoms with Gasteiger partial charge in [-0.25, -0.2) is 0 Å². The Morgan fingerprint density at radius 1 is 0.750 bits per heavy atom. The Morgan fingerprint density at radius 3 is 1.92 bits per heavy atom. The van der Waals surface area contributed by atoms with Crippen molar-refractivity contribution in [3.05, 3.63) is 78.4 Å². The fourth-order valence-electron chi connectivity index (χ4n) is 3.07. The first kappa shape index (κ1) is 15.1. The Morgan fingerprint density at radius 2 is 1.33 bits per heavy atom. The molecule has 1 aliphatic heterocycles. The summed E-state index contributed by atoms with van der Waals surface area (Å²) in [6, 6.07) is 25.0. The third-order valence-corrected chi connectivity index (χ3v) is 4.49. The van der Waals surface area contributed by atoms with Gasteiger partial charge >= 0.3 is 0 Å². The molecule has 0 aromatic heterocycles. The summed E-state index contributed by atoms with van der Waals surface area (Å²) in [4.78, 5) is 2.25. The molecule has 0 fully saturated rings. The number of alkyl halides is 1. The van der Waals surface area contributed by atoms with E-state index in [1.807, 2.05) is 36.4 Å². The second-order valence-corrected chi connectivity index (χ2v) is 6.21. The van der Waals surface area contributed by atoms with E-state index >= 15 is 0 Å². The first-order valence-electron chi connectivity index (χ1n) is 8.18. The molecule has 3 heteroatoms. The quantitative estimate of drug-likeness (QED) is 0.398. The van der Waals surface area contributed by atoms with E-state index in [-0.39, 0.29) is 0 Å². The van der Waals surface area contributed by atoms with Gasteiger partial charge in [-0.2, -0.15) is 0 Å². The van der Waals surface area contributed by atoms with Crippen molar-refractivity contribution in [2.24, 2.45) is 0 Å². The third-order valence-electron chi connectivity index (χ3n) is 4.23. The van der Waals surface area contributed by atoms with Crippen molar-refractivity contribution >= 4 is 28.7 Å². The maximum Gasteiger partial charge on any atom is 0.151 e. The predicted octanol–water partition coefficient (Wildman–Crippen LogP) is 6.43. The molecule has 3 aromatic rings. The molecule has 0 aliphatic carbocycles. The standard InChI is InChI=1S/C21H18ClNO/c22-15-5-6-16-11-13-17(14-12-16)23-18-7-1-3-9-20(18)24-21-10-4-2-8-19(21)23/h1-4,7-14H,5-6,15H2. The molecule has 4 rings (SSSR count). The Labute approximate surface area is 147 Å². The monoisotopic (exact) mass is 335 g/mol. The van der Waals surface area contributed by atoms with Gasteiger partial charge in [-0.3, -0.25) is 0 Å². The Bertz CT molecular complexity index is 799. The molecule has 1 heterocycles. The van der Waals surface area contributed by atoms with Crippen LogP contribution in [0, 0.1) is 0 Å². The highest BCUT2D eigenvalue weighted by atomic mass is 35.5. The molecule has 0 radical (unpaired) electrons. The number of ether oxygens (including phenoxy) is 1. The number of rotatable bonds is 4. The van der Waals surface area contributed by atoms with Gasteiger partial charge in [-0.15, -0.1) is 11.6 Å². The van der Waals surface area contributed by atoms with E-state index in [1.54, 1.807) is 0 Å². The van der Waals surface area contributed by atoms with Crippen LogP contribution in [-0.4, -0.2) is 5.88 Å². The predicted molar refractivity (Wildman–Crippen MR) is 100 cm³/mol. The Hall–Kier alpha value is -2.45. The van der Waals surface area contributed by atoms with E-state index in [9.17, 15) is 0 Å². The minimum Gasteiger partial charge on any atom is -0.453 e. The lowest BCUT2D eigenvalue weighted by molar-refractivity contribution is 0.477. The molecule has 0 amide bonds. The van der Waals surface area contributed by atoms with Gasteiger partial charge in [0.25, 0.3) is 0 Å². The fourth-order valence-corrected chi connectivity index (χ4v) is 3.20. The number of benzene rings is 3. The van der Waals surface area contributed by atoms with Crippen molar-refractivity contribution < 1.29 is 4.74 Å². The van der Waals surface area contributed by atoms with Crippen molar-refractivity contribution in [2.75, 3.05) is 10.8 Å². The highest BCUT2D eigenvalue weighted by Crippen LogP contribution is 2.49. The van der Waals surface area contributed by atoms with E-state index in [2.05, 4.69) is 41.3 Å². The van der Waals surface area contributed by atoms with Crippen molar-refractivity contribution in [2.45, 2.75) is 12.8 Å². The van der Waals surface area contributed by atoms with Gasteiger partial charge in [0.2, 0.25) is 0 Å². The minimum absolute atomic E-state index is 0.700. The normalized spacial score (nSPS) is 12.3. The van der Waals surface area contributed by atoms with Crippen molar-refractivity contribution in [3.63, 3.8) is 0 Å². The average Bonchev–Trinajstić information content (AvgIpc) is 2.65. The first-order valence-corrected chi connectivity index (χ1v) is 8.71. The van der Waals surface area contributed by atoms with Crippen LogP contribution in [0.3, 0.4) is 0 Å². The maximum absolute atomic E-state index is 6.05. The number of hydrogen-bond donors (Lipinski definition) is 0. The second-order valence-electron chi connectivity index (χ2n) is 5.83. The topological polar surface area (TPSA) is 12.5 Å². The van der Waals surface area contributed by atoms with E-state index in [0.29, 0.717) is 5.88 Å². The number of halogens is 1. The van der Waals surface area contributed by atoms with Gasteiger partial charge in [0.05, 0.1) is 11.4 Å². The summed E-state index contributed by atoms with van der Waals surface area (Å²) in [5, 5.41) is 0. The average molecular weight is 336 g/mol. The Kier molecular flexibility index (Phi) is 4.14.